The van der Waals surface area contributed by atoms with E-state index in [1.54, 1.807) is 6.92 Å². The van der Waals surface area contributed by atoms with E-state index in [0.29, 0.717) is 5.70 Å². The number of ketones is 1. The van der Waals surface area contributed by atoms with Gasteiger partial charge in [-0.3, -0.25) is 4.79 Å². The topological polar surface area (TPSA) is 79.2 Å². The third-order valence-electron chi connectivity index (χ3n) is 2.54. The summed E-state index contributed by atoms with van der Waals surface area (Å²) in [5.74, 6) is -1.88. The Kier molecular flexibility index (Phi) is 4.27. The van der Waals surface area contributed by atoms with Crippen molar-refractivity contribution >= 4 is 11.8 Å². The van der Waals surface area contributed by atoms with Crippen molar-refractivity contribution in [2.24, 2.45) is 11.8 Å². The number of nitrogens with zero attached hydrogens (tertiary/aromatic N) is 1. The van der Waals surface area contributed by atoms with Crippen molar-refractivity contribution in [2.45, 2.75) is 20.8 Å². The Labute approximate surface area is 100 Å². The quantitative estimate of drug-likeness (QED) is 0.578. The molecule has 0 fully saturated rings. The number of Topliss-reactive ketones (excluding diaryl/α,β-unsaturated/α-hetero) is 1. The van der Waals surface area contributed by atoms with Gasteiger partial charge < -0.3 is 10.1 Å². The Bertz CT molecular complexity index is 404. The van der Waals surface area contributed by atoms with Gasteiger partial charge in [0.25, 0.3) is 0 Å². The van der Waals surface area contributed by atoms with Crippen LogP contribution in [0.3, 0.4) is 0 Å². The maximum Gasteiger partial charge on any atom is 0.343 e. The molecule has 0 aromatic heterocycles. The zero-order valence-corrected chi connectivity index (χ0v) is 10.2. The van der Waals surface area contributed by atoms with Crippen molar-refractivity contribution < 1.29 is 14.3 Å². The summed E-state index contributed by atoms with van der Waals surface area (Å²) in [6.07, 6.45) is 0. The largest absolute Gasteiger partial charge is 0.462 e. The fourth-order valence-electron chi connectivity index (χ4n) is 1.71. The Morgan fingerprint density at radius 2 is 2.29 bits per heavy atom. The minimum absolute atomic E-state index is 0.000324. The number of ether oxygens (including phenoxy) is 1. The van der Waals surface area contributed by atoms with E-state index in [1.165, 1.54) is 0 Å². The van der Waals surface area contributed by atoms with E-state index in [0.717, 1.165) is 0 Å². The average Bonchev–Trinajstić information content (AvgIpc) is 2.28. The summed E-state index contributed by atoms with van der Waals surface area (Å²) >= 11 is 0. The first kappa shape index (κ1) is 13.2. The Hall–Kier alpha value is -1.83. The molecular weight excluding hydrogens is 220 g/mol. The summed E-state index contributed by atoms with van der Waals surface area (Å²) < 4.78 is 4.86. The van der Waals surface area contributed by atoms with Crippen molar-refractivity contribution in [1.29, 1.82) is 5.26 Å². The summed E-state index contributed by atoms with van der Waals surface area (Å²) in [5.41, 5.74) is 0.569. The maximum absolute atomic E-state index is 12.0. The molecule has 5 nitrogen and oxygen atoms in total. The lowest BCUT2D eigenvalue weighted by molar-refractivity contribution is -0.140. The normalized spacial score (nSPS) is 19.9. The van der Waals surface area contributed by atoms with Crippen molar-refractivity contribution in [1.82, 2.24) is 5.32 Å². The smallest absolute Gasteiger partial charge is 0.343 e. The maximum atomic E-state index is 12.0. The zero-order chi connectivity index (χ0) is 13.0. The lowest BCUT2D eigenvalue weighted by atomic mass is 9.89. The molecule has 0 saturated carbocycles. The van der Waals surface area contributed by atoms with Gasteiger partial charge in [0.05, 0.1) is 12.7 Å². The Balaban J connectivity index is 3.15. The standard InChI is InChI=1S/C12H16N2O3/c1-4-17-12(16)9-10(7(2)3)14-6-8(5-13)11(9)15/h7-8,14H,4,6H2,1-3H3. The second-order valence-corrected chi connectivity index (χ2v) is 4.09. The molecule has 0 saturated heterocycles. The molecule has 1 N–H and O–H groups in total. The van der Waals surface area contributed by atoms with E-state index in [1.807, 2.05) is 19.9 Å². The molecule has 0 radical (unpaired) electrons. The number of rotatable bonds is 3. The Morgan fingerprint density at radius 3 is 2.76 bits per heavy atom. The number of nitriles is 1. The zero-order valence-electron chi connectivity index (χ0n) is 10.2. The van der Waals surface area contributed by atoms with Crippen LogP contribution in [0.15, 0.2) is 11.3 Å². The number of carbonyl (C=O) groups is 2. The number of hydrogen-bond donors (Lipinski definition) is 1. The number of hydrogen-bond acceptors (Lipinski definition) is 5. The fourth-order valence-corrected chi connectivity index (χ4v) is 1.71. The molecule has 1 aliphatic heterocycles. The van der Waals surface area contributed by atoms with E-state index in [2.05, 4.69) is 5.32 Å². The van der Waals surface area contributed by atoms with Crippen LogP contribution in [-0.4, -0.2) is 24.9 Å². The van der Waals surface area contributed by atoms with Gasteiger partial charge in [0.1, 0.15) is 11.5 Å². The van der Waals surface area contributed by atoms with Gasteiger partial charge in [-0.1, -0.05) is 13.8 Å². The average molecular weight is 236 g/mol. The van der Waals surface area contributed by atoms with Crippen LogP contribution in [0.1, 0.15) is 20.8 Å². The van der Waals surface area contributed by atoms with Crippen LogP contribution in [0.4, 0.5) is 0 Å². The van der Waals surface area contributed by atoms with Gasteiger partial charge in [-0.05, 0) is 12.8 Å². The van der Waals surface area contributed by atoms with E-state index in [9.17, 15) is 9.59 Å². The van der Waals surface area contributed by atoms with Gasteiger partial charge in [-0.2, -0.15) is 5.26 Å². The van der Waals surface area contributed by atoms with Crippen molar-refractivity contribution in [3.8, 4) is 6.07 Å². The molecule has 0 aromatic carbocycles. The molecule has 1 unspecified atom stereocenters. The third kappa shape index (κ3) is 2.64. The van der Waals surface area contributed by atoms with E-state index in [-0.39, 0.29) is 24.6 Å². The van der Waals surface area contributed by atoms with E-state index >= 15 is 0 Å². The highest BCUT2D eigenvalue weighted by Gasteiger charge is 2.35. The number of nitrogens with one attached hydrogen (secondary N) is 1. The second kappa shape index (κ2) is 5.48. The SMILES string of the molecule is CCOC(=O)C1=C(C(C)C)NCC(C#N)C1=O. The highest BCUT2D eigenvalue weighted by Crippen LogP contribution is 2.22. The molecule has 17 heavy (non-hydrogen) atoms. The van der Waals surface area contributed by atoms with Crippen LogP contribution < -0.4 is 5.32 Å². The van der Waals surface area contributed by atoms with Crippen LogP contribution in [0.2, 0.25) is 0 Å². The summed E-state index contributed by atoms with van der Waals surface area (Å²) in [7, 11) is 0. The molecule has 0 amide bonds. The highest BCUT2D eigenvalue weighted by atomic mass is 16.5. The first-order chi connectivity index (χ1) is 8.02. The highest BCUT2D eigenvalue weighted by molar-refractivity contribution is 6.20. The van der Waals surface area contributed by atoms with Crippen LogP contribution >= 0.6 is 0 Å². The summed E-state index contributed by atoms with van der Waals surface area (Å²) in [4.78, 5) is 23.7. The molecule has 0 bridgehead atoms. The summed E-state index contributed by atoms with van der Waals surface area (Å²) in [6.45, 7) is 5.89. The molecule has 5 heteroatoms. The molecular formula is C12H16N2O3. The molecule has 1 rings (SSSR count). The van der Waals surface area contributed by atoms with Gasteiger partial charge >= 0.3 is 5.97 Å². The molecule has 1 atom stereocenters. The van der Waals surface area contributed by atoms with Crippen LogP contribution in [0, 0.1) is 23.2 Å². The summed E-state index contributed by atoms with van der Waals surface area (Å²) in [6, 6.07) is 1.89. The molecule has 0 aliphatic carbocycles. The number of esters is 1. The minimum Gasteiger partial charge on any atom is -0.462 e. The molecule has 92 valence electrons. The molecule has 0 spiro atoms. The van der Waals surface area contributed by atoms with E-state index in [4.69, 9.17) is 10.00 Å². The fraction of sp³-hybridized carbons (Fsp3) is 0.583. The predicted octanol–water partition coefficient (Wildman–Crippen LogP) is 0.772. The molecule has 0 aromatic rings. The van der Waals surface area contributed by atoms with Crippen LogP contribution in [0.5, 0.6) is 0 Å². The monoisotopic (exact) mass is 236 g/mol. The molecule has 1 aliphatic rings. The van der Waals surface area contributed by atoms with Gasteiger partial charge in [-0.15, -0.1) is 0 Å². The lowest BCUT2D eigenvalue weighted by Crippen LogP contribution is -2.40. The van der Waals surface area contributed by atoms with Crippen LogP contribution in [-0.2, 0) is 14.3 Å². The van der Waals surface area contributed by atoms with Gasteiger partial charge in [-0.25, -0.2) is 4.79 Å². The van der Waals surface area contributed by atoms with Gasteiger partial charge in [0, 0.05) is 12.2 Å². The van der Waals surface area contributed by atoms with Crippen molar-refractivity contribution in [3.05, 3.63) is 11.3 Å². The van der Waals surface area contributed by atoms with E-state index < -0.39 is 17.7 Å². The Morgan fingerprint density at radius 1 is 1.65 bits per heavy atom. The number of allylic oxidation sites excluding steroid dienone is 1. The number of carbonyl (C=O) groups excluding carboxylic acids is 2. The third-order valence-corrected chi connectivity index (χ3v) is 2.54. The summed E-state index contributed by atoms with van der Waals surface area (Å²) in [5, 5.41) is 11.8. The molecule has 1 heterocycles. The predicted molar refractivity (Wildman–Crippen MR) is 60.6 cm³/mol. The minimum atomic E-state index is -0.808. The van der Waals surface area contributed by atoms with Crippen molar-refractivity contribution in [3.63, 3.8) is 0 Å². The van der Waals surface area contributed by atoms with Gasteiger partial charge in [0.15, 0.2) is 5.78 Å². The lowest BCUT2D eigenvalue weighted by Gasteiger charge is -2.25. The first-order valence-electron chi connectivity index (χ1n) is 5.61. The van der Waals surface area contributed by atoms with Gasteiger partial charge in [0.2, 0.25) is 0 Å². The second-order valence-electron chi connectivity index (χ2n) is 4.09. The first-order valence-corrected chi connectivity index (χ1v) is 5.61. The van der Waals surface area contributed by atoms with Crippen LogP contribution in [0.25, 0.3) is 0 Å². The van der Waals surface area contributed by atoms with Crippen molar-refractivity contribution in [2.75, 3.05) is 13.2 Å².